The summed E-state index contributed by atoms with van der Waals surface area (Å²) >= 11 is 0. The highest BCUT2D eigenvalue weighted by molar-refractivity contribution is 5.82. The van der Waals surface area contributed by atoms with Crippen molar-refractivity contribution in [1.29, 1.82) is 0 Å². The normalized spacial score (nSPS) is 10.6. The summed E-state index contributed by atoms with van der Waals surface area (Å²) in [5, 5.41) is 1.22. The van der Waals surface area contributed by atoms with Gasteiger partial charge in [-0.2, -0.15) is 0 Å². The highest BCUT2D eigenvalue weighted by atomic mass is 16.5. The molecule has 0 amide bonds. The lowest BCUT2D eigenvalue weighted by Crippen LogP contribution is -1.93. The van der Waals surface area contributed by atoms with Crippen molar-refractivity contribution in [3.8, 4) is 5.75 Å². The Kier molecular flexibility index (Phi) is 2.54. The fourth-order valence-corrected chi connectivity index (χ4v) is 1.88. The SMILES string of the molecule is [c]1ccc(OCc2c[nH]c3ccccc23)cc1. The maximum atomic E-state index is 5.72. The van der Waals surface area contributed by atoms with E-state index in [0.717, 1.165) is 11.3 Å². The molecule has 1 aromatic heterocycles. The van der Waals surface area contributed by atoms with E-state index in [9.17, 15) is 0 Å². The molecule has 1 heterocycles. The van der Waals surface area contributed by atoms with Crippen LogP contribution in [0.1, 0.15) is 5.56 Å². The molecular formula is C15H12NO. The number of H-pyrrole nitrogens is 1. The number of rotatable bonds is 3. The molecule has 0 aliphatic carbocycles. The van der Waals surface area contributed by atoms with Crippen LogP contribution in [-0.2, 0) is 6.61 Å². The van der Waals surface area contributed by atoms with E-state index in [1.54, 1.807) is 0 Å². The third-order valence-corrected chi connectivity index (χ3v) is 2.76. The van der Waals surface area contributed by atoms with E-state index >= 15 is 0 Å². The Morgan fingerprint density at radius 3 is 2.76 bits per heavy atom. The molecule has 1 radical (unpaired) electrons. The average molecular weight is 222 g/mol. The van der Waals surface area contributed by atoms with Crippen molar-refractivity contribution in [3.63, 3.8) is 0 Å². The van der Waals surface area contributed by atoms with Crippen LogP contribution in [0.25, 0.3) is 10.9 Å². The zero-order chi connectivity index (χ0) is 11.5. The molecule has 3 rings (SSSR count). The Hall–Kier alpha value is -2.22. The average Bonchev–Trinajstić information content (AvgIpc) is 2.81. The fourth-order valence-electron chi connectivity index (χ4n) is 1.88. The Bertz CT molecular complexity index is 613. The largest absolute Gasteiger partial charge is 0.489 e. The Labute approximate surface area is 99.9 Å². The molecule has 0 aliphatic heterocycles. The van der Waals surface area contributed by atoms with Crippen molar-refractivity contribution in [1.82, 2.24) is 4.98 Å². The second kappa shape index (κ2) is 4.34. The van der Waals surface area contributed by atoms with E-state index < -0.39 is 0 Å². The van der Waals surface area contributed by atoms with Gasteiger partial charge in [-0.1, -0.05) is 30.3 Å². The molecule has 0 saturated carbocycles. The maximum Gasteiger partial charge on any atom is 0.119 e. The lowest BCUT2D eigenvalue weighted by atomic mass is 10.2. The third kappa shape index (κ3) is 2.02. The number of ether oxygens (including phenoxy) is 1. The van der Waals surface area contributed by atoms with Crippen LogP contribution in [0.5, 0.6) is 5.75 Å². The van der Waals surface area contributed by atoms with E-state index in [-0.39, 0.29) is 0 Å². The first-order chi connectivity index (χ1) is 8.43. The van der Waals surface area contributed by atoms with Gasteiger partial charge in [0.15, 0.2) is 0 Å². The molecule has 0 unspecified atom stereocenters. The van der Waals surface area contributed by atoms with Gasteiger partial charge in [0.25, 0.3) is 0 Å². The number of aromatic amines is 1. The fraction of sp³-hybridized carbons (Fsp3) is 0.0667. The number of hydrogen-bond acceptors (Lipinski definition) is 1. The molecule has 0 aliphatic rings. The standard InChI is InChI=1S/C15H12NO/c1-2-6-13(7-3-1)17-11-12-10-16-15-9-5-4-8-14(12)15/h2-10,16H,11H2. The summed E-state index contributed by atoms with van der Waals surface area (Å²) in [5.74, 6) is 0.869. The lowest BCUT2D eigenvalue weighted by Gasteiger charge is -2.04. The number of fused-ring (bicyclic) bond motifs is 1. The summed E-state index contributed by atoms with van der Waals surface area (Å²) in [6.45, 7) is 0.577. The molecule has 3 aromatic rings. The van der Waals surface area contributed by atoms with Crippen LogP contribution in [0.2, 0.25) is 0 Å². The van der Waals surface area contributed by atoms with E-state index in [4.69, 9.17) is 4.74 Å². The van der Waals surface area contributed by atoms with Gasteiger partial charge >= 0.3 is 0 Å². The second-order valence-corrected chi connectivity index (χ2v) is 3.88. The second-order valence-electron chi connectivity index (χ2n) is 3.88. The molecule has 0 saturated heterocycles. The Balaban J connectivity index is 1.82. The third-order valence-electron chi connectivity index (χ3n) is 2.76. The van der Waals surface area contributed by atoms with Crippen molar-refractivity contribution >= 4 is 10.9 Å². The molecule has 17 heavy (non-hydrogen) atoms. The highest BCUT2D eigenvalue weighted by Crippen LogP contribution is 2.19. The summed E-state index contributed by atoms with van der Waals surface area (Å²) in [4.78, 5) is 3.24. The van der Waals surface area contributed by atoms with Crippen LogP contribution in [-0.4, -0.2) is 4.98 Å². The summed E-state index contributed by atoms with van der Waals surface area (Å²) in [6, 6.07) is 18.7. The molecule has 2 heteroatoms. The zero-order valence-corrected chi connectivity index (χ0v) is 9.31. The summed E-state index contributed by atoms with van der Waals surface area (Å²) in [7, 11) is 0. The summed E-state index contributed by atoms with van der Waals surface area (Å²) < 4.78 is 5.72. The van der Waals surface area contributed by atoms with Gasteiger partial charge in [0.05, 0.1) is 0 Å². The van der Waals surface area contributed by atoms with E-state index in [0.29, 0.717) is 6.61 Å². The monoisotopic (exact) mass is 222 g/mol. The number of hydrogen-bond donors (Lipinski definition) is 1. The predicted molar refractivity (Wildman–Crippen MR) is 67.9 cm³/mol. The summed E-state index contributed by atoms with van der Waals surface area (Å²) in [6.07, 6.45) is 2.00. The van der Waals surface area contributed by atoms with Crippen molar-refractivity contribution in [2.24, 2.45) is 0 Å². The Morgan fingerprint density at radius 1 is 1.06 bits per heavy atom. The first kappa shape index (κ1) is 9.97. The smallest absolute Gasteiger partial charge is 0.119 e. The number of benzene rings is 2. The first-order valence-electron chi connectivity index (χ1n) is 5.57. The number of para-hydroxylation sites is 1. The van der Waals surface area contributed by atoms with Crippen LogP contribution in [0.3, 0.4) is 0 Å². The van der Waals surface area contributed by atoms with Crippen LogP contribution in [0.15, 0.2) is 54.7 Å². The van der Waals surface area contributed by atoms with Gasteiger partial charge in [0.1, 0.15) is 12.4 Å². The number of aromatic nitrogens is 1. The molecule has 2 nitrogen and oxygen atoms in total. The minimum atomic E-state index is 0.577. The van der Waals surface area contributed by atoms with Gasteiger partial charge in [-0.25, -0.2) is 0 Å². The molecule has 0 bridgehead atoms. The molecule has 2 aromatic carbocycles. The zero-order valence-electron chi connectivity index (χ0n) is 9.31. The van der Waals surface area contributed by atoms with Gasteiger partial charge in [-0.05, 0) is 24.3 Å². The maximum absolute atomic E-state index is 5.72. The van der Waals surface area contributed by atoms with E-state index in [1.165, 1.54) is 10.9 Å². The Morgan fingerprint density at radius 2 is 1.88 bits per heavy atom. The molecule has 0 atom stereocenters. The van der Waals surface area contributed by atoms with Gasteiger partial charge in [-0.15, -0.1) is 0 Å². The van der Waals surface area contributed by atoms with E-state index in [2.05, 4.69) is 23.2 Å². The minimum Gasteiger partial charge on any atom is -0.489 e. The van der Waals surface area contributed by atoms with Crippen LogP contribution >= 0.6 is 0 Å². The molecule has 83 valence electrons. The van der Waals surface area contributed by atoms with Crippen LogP contribution in [0.4, 0.5) is 0 Å². The van der Waals surface area contributed by atoms with Gasteiger partial charge in [-0.3, -0.25) is 0 Å². The van der Waals surface area contributed by atoms with E-state index in [1.807, 2.05) is 42.6 Å². The van der Waals surface area contributed by atoms with Crippen molar-refractivity contribution in [3.05, 3.63) is 66.4 Å². The van der Waals surface area contributed by atoms with Gasteiger partial charge < -0.3 is 9.72 Å². The first-order valence-corrected chi connectivity index (χ1v) is 5.57. The molecular weight excluding hydrogens is 210 g/mol. The van der Waals surface area contributed by atoms with Crippen molar-refractivity contribution in [2.45, 2.75) is 6.61 Å². The van der Waals surface area contributed by atoms with Crippen LogP contribution in [0, 0.1) is 6.07 Å². The summed E-state index contributed by atoms with van der Waals surface area (Å²) in [5.41, 5.74) is 2.32. The molecule has 0 fully saturated rings. The minimum absolute atomic E-state index is 0.577. The lowest BCUT2D eigenvalue weighted by molar-refractivity contribution is 0.307. The van der Waals surface area contributed by atoms with Gasteiger partial charge in [0, 0.05) is 22.7 Å². The topological polar surface area (TPSA) is 25.0 Å². The van der Waals surface area contributed by atoms with Crippen molar-refractivity contribution in [2.75, 3.05) is 0 Å². The number of nitrogens with one attached hydrogen (secondary N) is 1. The highest BCUT2D eigenvalue weighted by Gasteiger charge is 2.03. The quantitative estimate of drug-likeness (QED) is 0.720. The molecule has 0 spiro atoms. The molecule has 1 N–H and O–H groups in total. The predicted octanol–water partition coefficient (Wildman–Crippen LogP) is 3.55. The van der Waals surface area contributed by atoms with Gasteiger partial charge in [0.2, 0.25) is 0 Å². The van der Waals surface area contributed by atoms with Crippen LogP contribution < -0.4 is 4.74 Å². The van der Waals surface area contributed by atoms with Crippen molar-refractivity contribution < 1.29 is 4.74 Å².